The Kier molecular flexibility index (Phi) is 3.78. The third kappa shape index (κ3) is 2.60. The third-order valence-corrected chi connectivity index (χ3v) is 4.13. The Morgan fingerprint density at radius 3 is 2.67 bits per heavy atom. The van der Waals surface area contributed by atoms with Crippen LogP contribution in [0.5, 0.6) is 0 Å². The molecule has 0 aliphatic rings. The Morgan fingerprint density at radius 2 is 2.11 bits per heavy atom. The third-order valence-electron chi connectivity index (χ3n) is 2.56. The van der Waals surface area contributed by atoms with Gasteiger partial charge in [-0.1, -0.05) is 41.7 Å². The minimum atomic E-state index is -0.187. The summed E-state index contributed by atoms with van der Waals surface area (Å²) in [7, 11) is 1.75. The zero-order valence-corrected chi connectivity index (χ0v) is 11.5. The first-order valence-corrected chi connectivity index (χ1v) is 6.59. The number of aromatic nitrogens is 1. The van der Waals surface area contributed by atoms with Crippen molar-refractivity contribution in [3.05, 3.63) is 44.7 Å². The van der Waals surface area contributed by atoms with E-state index in [0.29, 0.717) is 21.2 Å². The van der Waals surface area contributed by atoms with E-state index in [1.54, 1.807) is 11.6 Å². The molecule has 0 radical (unpaired) electrons. The number of hydrogen-bond acceptors (Lipinski definition) is 4. The normalized spacial score (nSPS) is 10.3. The molecule has 1 heterocycles. The van der Waals surface area contributed by atoms with Gasteiger partial charge in [-0.25, -0.2) is 0 Å². The van der Waals surface area contributed by atoms with Gasteiger partial charge in [-0.3, -0.25) is 4.79 Å². The number of carbonyl (C=O) groups excluding carboxylic acids is 1. The minimum Gasteiger partial charge on any atom is -0.384 e. The molecule has 4 nitrogen and oxygen atoms in total. The molecule has 0 bridgehead atoms. The second-order valence-corrected chi connectivity index (χ2v) is 5.45. The summed E-state index contributed by atoms with van der Waals surface area (Å²) in [5, 5.41) is 2.83. The summed E-state index contributed by atoms with van der Waals surface area (Å²) in [6.07, 6.45) is 0. The predicted octanol–water partition coefficient (Wildman–Crippen LogP) is 2.33. The summed E-state index contributed by atoms with van der Waals surface area (Å²) in [4.78, 5) is 12.4. The van der Waals surface area contributed by atoms with Crippen molar-refractivity contribution in [2.45, 2.75) is 6.54 Å². The van der Waals surface area contributed by atoms with Crippen molar-refractivity contribution in [2.75, 3.05) is 5.73 Å². The molecule has 6 heteroatoms. The lowest BCUT2D eigenvalue weighted by Crippen LogP contribution is -2.23. The molecule has 0 saturated heterocycles. The topological polar surface area (TPSA) is 60.0 Å². The van der Waals surface area contributed by atoms with Gasteiger partial charge in [-0.2, -0.15) is 0 Å². The highest BCUT2D eigenvalue weighted by Crippen LogP contribution is 2.20. The number of nitrogens with one attached hydrogen (secondary N) is 1. The molecule has 0 aliphatic carbocycles. The smallest absolute Gasteiger partial charge is 0.265 e. The van der Waals surface area contributed by atoms with E-state index in [0.717, 1.165) is 5.56 Å². The molecule has 18 heavy (non-hydrogen) atoms. The van der Waals surface area contributed by atoms with E-state index in [-0.39, 0.29) is 5.91 Å². The van der Waals surface area contributed by atoms with Crippen LogP contribution in [0.25, 0.3) is 0 Å². The number of hydrogen-bond donors (Lipinski definition) is 2. The summed E-state index contributed by atoms with van der Waals surface area (Å²) in [6.45, 7) is 0.480. The average Bonchev–Trinajstić information content (AvgIpc) is 2.65. The highest BCUT2D eigenvalue weighted by atomic mass is 32.1. The fourth-order valence-corrected chi connectivity index (χ4v) is 2.64. The SMILES string of the molecule is Cn1c(N)c(C(=O)NCc2ccccc2)sc1=S. The van der Waals surface area contributed by atoms with Gasteiger partial charge in [0.15, 0.2) is 3.95 Å². The lowest BCUT2D eigenvalue weighted by Gasteiger charge is -2.04. The number of benzene rings is 1. The van der Waals surface area contributed by atoms with E-state index in [4.69, 9.17) is 18.0 Å². The Bertz CT molecular complexity index is 616. The van der Waals surface area contributed by atoms with Gasteiger partial charge in [0, 0.05) is 13.6 Å². The van der Waals surface area contributed by atoms with E-state index in [1.807, 2.05) is 30.3 Å². The Hall–Kier alpha value is -1.66. The van der Waals surface area contributed by atoms with Crippen LogP contribution in [0.2, 0.25) is 0 Å². The van der Waals surface area contributed by atoms with Crippen LogP contribution in [0.4, 0.5) is 5.82 Å². The number of nitrogens with two attached hydrogens (primary N) is 1. The molecule has 0 saturated carbocycles. The molecule has 2 rings (SSSR count). The quantitative estimate of drug-likeness (QED) is 0.848. The van der Waals surface area contributed by atoms with Crippen LogP contribution in [-0.4, -0.2) is 10.5 Å². The second kappa shape index (κ2) is 5.32. The van der Waals surface area contributed by atoms with E-state index in [9.17, 15) is 4.79 Å². The minimum absolute atomic E-state index is 0.187. The molecule has 94 valence electrons. The van der Waals surface area contributed by atoms with Gasteiger partial charge >= 0.3 is 0 Å². The number of thiazole rings is 1. The number of rotatable bonds is 3. The Morgan fingerprint density at radius 1 is 1.44 bits per heavy atom. The number of anilines is 1. The molecule has 1 aromatic carbocycles. The number of nitrogens with zero attached hydrogens (tertiary/aromatic N) is 1. The molecule has 0 atom stereocenters. The monoisotopic (exact) mass is 279 g/mol. The van der Waals surface area contributed by atoms with Crippen molar-refractivity contribution >= 4 is 35.3 Å². The molecular weight excluding hydrogens is 266 g/mol. The molecule has 0 fully saturated rings. The molecular formula is C12H13N3OS2. The zero-order valence-electron chi connectivity index (χ0n) is 9.84. The van der Waals surface area contributed by atoms with E-state index in [1.165, 1.54) is 11.3 Å². The summed E-state index contributed by atoms with van der Waals surface area (Å²) in [5.41, 5.74) is 6.86. The van der Waals surface area contributed by atoms with Crippen LogP contribution in [-0.2, 0) is 13.6 Å². The van der Waals surface area contributed by atoms with Crippen molar-refractivity contribution in [3.8, 4) is 0 Å². The standard InChI is InChI=1S/C12H13N3OS2/c1-15-10(13)9(18-12(15)17)11(16)14-7-8-5-3-2-4-6-8/h2-6H,7,13H2,1H3,(H,14,16). The van der Waals surface area contributed by atoms with Crippen LogP contribution in [0.3, 0.4) is 0 Å². The van der Waals surface area contributed by atoms with Gasteiger partial charge in [0.25, 0.3) is 5.91 Å². The molecule has 2 aromatic rings. The maximum absolute atomic E-state index is 12.0. The van der Waals surface area contributed by atoms with Gasteiger partial charge in [0.1, 0.15) is 10.7 Å². The van der Waals surface area contributed by atoms with Gasteiger partial charge in [0.2, 0.25) is 0 Å². The van der Waals surface area contributed by atoms with E-state index in [2.05, 4.69) is 5.32 Å². The first-order valence-electron chi connectivity index (χ1n) is 5.37. The number of nitrogen functional groups attached to an aromatic ring is 1. The van der Waals surface area contributed by atoms with Crippen LogP contribution in [0.1, 0.15) is 15.2 Å². The maximum atomic E-state index is 12.0. The molecule has 3 N–H and O–H groups in total. The summed E-state index contributed by atoms with van der Waals surface area (Å²) in [6, 6.07) is 9.71. The molecule has 0 aliphatic heterocycles. The summed E-state index contributed by atoms with van der Waals surface area (Å²) >= 11 is 6.30. The lowest BCUT2D eigenvalue weighted by molar-refractivity contribution is 0.0955. The van der Waals surface area contributed by atoms with Gasteiger partial charge in [-0.15, -0.1) is 0 Å². The fourth-order valence-electron chi connectivity index (χ4n) is 1.48. The van der Waals surface area contributed by atoms with Crippen molar-refractivity contribution in [1.29, 1.82) is 0 Å². The van der Waals surface area contributed by atoms with Crippen LogP contribution >= 0.6 is 23.6 Å². The highest BCUT2D eigenvalue weighted by molar-refractivity contribution is 7.73. The largest absolute Gasteiger partial charge is 0.384 e. The van der Waals surface area contributed by atoms with Crippen molar-refractivity contribution in [1.82, 2.24) is 9.88 Å². The van der Waals surface area contributed by atoms with Crippen molar-refractivity contribution in [3.63, 3.8) is 0 Å². The van der Waals surface area contributed by atoms with E-state index >= 15 is 0 Å². The van der Waals surface area contributed by atoms with Crippen LogP contribution in [0, 0.1) is 3.95 Å². The number of carbonyl (C=O) groups is 1. The molecule has 1 aromatic heterocycles. The first-order chi connectivity index (χ1) is 8.59. The predicted molar refractivity (Wildman–Crippen MR) is 76.1 cm³/mol. The number of amides is 1. The van der Waals surface area contributed by atoms with Crippen molar-refractivity contribution in [2.24, 2.45) is 7.05 Å². The van der Waals surface area contributed by atoms with Crippen LogP contribution in [0.15, 0.2) is 30.3 Å². The Labute approximate surface area is 114 Å². The highest BCUT2D eigenvalue weighted by Gasteiger charge is 2.14. The van der Waals surface area contributed by atoms with Crippen molar-refractivity contribution < 1.29 is 4.79 Å². The second-order valence-electron chi connectivity index (χ2n) is 3.81. The zero-order chi connectivity index (χ0) is 13.1. The maximum Gasteiger partial charge on any atom is 0.265 e. The van der Waals surface area contributed by atoms with Gasteiger partial charge in [0.05, 0.1) is 0 Å². The van der Waals surface area contributed by atoms with Gasteiger partial charge < -0.3 is 15.6 Å². The molecule has 0 spiro atoms. The van der Waals surface area contributed by atoms with E-state index < -0.39 is 0 Å². The van der Waals surface area contributed by atoms with Crippen LogP contribution < -0.4 is 11.1 Å². The van der Waals surface area contributed by atoms with Gasteiger partial charge in [-0.05, 0) is 17.8 Å². The lowest BCUT2D eigenvalue weighted by atomic mass is 10.2. The fraction of sp³-hybridized carbons (Fsp3) is 0.167. The Balaban J connectivity index is 2.09. The molecule has 0 unspecified atom stereocenters. The average molecular weight is 279 g/mol. The summed E-state index contributed by atoms with van der Waals surface area (Å²) in [5.74, 6) is 0.226. The summed E-state index contributed by atoms with van der Waals surface area (Å²) < 4.78 is 2.23. The molecule has 1 amide bonds. The first kappa shape index (κ1) is 12.8.